The van der Waals surface area contributed by atoms with E-state index in [2.05, 4.69) is 21.3 Å². The minimum atomic E-state index is -0.574. The lowest BCUT2D eigenvalue weighted by molar-refractivity contribution is -0.139. The maximum Gasteiger partial charge on any atom is 0.247 e. The van der Waals surface area contributed by atoms with E-state index in [1.54, 1.807) is 25.4 Å². The second-order valence-corrected chi connectivity index (χ2v) is 12.6. The number of β-lactam (4-membered cyclic amide) rings is 1. The molecule has 5 rings (SSSR count). The number of hydrogen-bond donors (Lipinski definition) is 4. The number of Topliss-reactive ketones (excluding diaryl/α,β-unsaturated/α-hetero) is 1. The van der Waals surface area contributed by atoms with Crippen LogP contribution in [0.1, 0.15) is 92.7 Å². The number of ketones is 1. The van der Waals surface area contributed by atoms with Gasteiger partial charge < -0.3 is 26.2 Å². The molecule has 2 saturated heterocycles. The van der Waals surface area contributed by atoms with Gasteiger partial charge in [-0.05, 0) is 64.5 Å². The Kier molecular flexibility index (Phi) is 9.52. The first-order chi connectivity index (χ1) is 20.2. The van der Waals surface area contributed by atoms with Crippen molar-refractivity contribution in [2.45, 2.75) is 95.3 Å². The van der Waals surface area contributed by atoms with Crippen LogP contribution in [-0.4, -0.2) is 71.0 Å². The summed E-state index contributed by atoms with van der Waals surface area (Å²) in [6.45, 7) is 2.37. The Bertz CT molecular complexity index is 1290. The van der Waals surface area contributed by atoms with Gasteiger partial charge in [0.1, 0.15) is 22.8 Å². The highest BCUT2D eigenvalue weighted by molar-refractivity contribution is 7.10. The van der Waals surface area contributed by atoms with Gasteiger partial charge in [0, 0.05) is 23.2 Å². The molecule has 11 nitrogen and oxygen atoms in total. The van der Waals surface area contributed by atoms with Crippen LogP contribution in [0, 0.1) is 5.92 Å². The van der Waals surface area contributed by atoms with Crippen LogP contribution in [0.5, 0.6) is 0 Å². The van der Waals surface area contributed by atoms with Crippen molar-refractivity contribution in [2.75, 3.05) is 13.6 Å². The predicted molar refractivity (Wildman–Crippen MR) is 157 cm³/mol. The van der Waals surface area contributed by atoms with Gasteiger partial charge >= 0.3 is 0 Å². The molecule has 4 atom stereocenters. The Balaban J connectivity index is 1.27. The molecule has 226 valence electrons. The lowest BCUT2D eigenvalue weighted by Crippen LogP contribution is -2.56. The molecule has 4 aliphatic rings. The van der Waals surface area contributed by atoms with Crippen molar-refractivity contribution < 1.29 is 24.0 Å². The average molecular weight is 597 g/mol. The number of likely N-dealkylation sites (N-methyl/N-ethyl adjacent to an activating group) is 1. The lowest BCUT2D eigenvalue weighted by atomic mass is 9.83. The molecule has 1 saturated carbocycles. The van der Waals surface area contributed by atoms with Gasteiger partial charge in [0.15, 0.2) is 0 Å². The summed E-state index contributed by atoms with van der Waals surface area (Å²) in [5, 5.41) is 13.9. The maximum atomic E-state index is 14.0. The van der Waals surface area contributed by atoms with Crippen LogP contribution in [0.2, 0.25) is 0 Å². The van der Waals surface area contributed by atoms with Gasteiger partial charge in [-0.1, -0.05) is 25.3 Å². The molecule has 1 aromatic rings. The van der Waals surface area contributed by atoms with Gasteiger partial charge in [-0.3, -0.25) is 24.0 Å². The van der Waals surface area contributed by atoms with E-state index in [-0.39, 0.29) is 47.8 Å². The van der Waals surface area contributed by atoms with Crippen LogP contribution in [0.3, 0.4) is 0 Å². The molecule has 1 aromatic heterocycles. The van der Waals surface area contributed by atoms with Crippen LogP contribution in [-0.2, 0) is 19.2 Å². The molecule has 0 aromatic carbocycles. The smallest absolute Gasteiger partial charge is 0.247 e. The zero-order chi connectivity index (χ0) is 29.8. The largest absolute Gasteiger partial charge is 0.344 e. The van der Waals surface area contributed by atoms with E-state index in [9.17, 15) is 24.0 Å². The molecule has 3 heterocycles. The first-order valence-electron chi connectivity index (χ1n) is 15.0. The second-order valence-electron chi connectivity index (χ2n) is 11.7. The Morgan fingerprint density at radius 3 is 2.60 bits per heavy atom. The fourth-order valence-corrected chi connectivity index (χ4v) is 7.08. The molecule has 0 spiro atoms. The minimum absolute atomic E-state index is 0.0647. The van der Waals surface area contributed by atoms with Crippen molar-refractivity contribution in [1.29, 1.82) is 0 Å². The first kappa shape index (κ1) is 30.1. The Hall–Kier alpha value is -3.38. The molecule has 12 heteroatoms. The Morgan fingerprint density at radius 1 is 1.12 bits per heavy atom. The number of hydrogen-bond acceptors (Lipinski definition) is 8. The molecular weight excluding hydrogens is 556 g/mol. The molecule has 4 N–H and O–H groups in total. The number of rotatable bonds is 10. The van der Waals surface area contributed by atoms with Crippen molar-refractivity contribution in [3.05, 3.63) is 39.5 Å². The Morgan fingerprint density at radius 2 is 1.88 bits per heavy atom. The molecule has 2 aliphatic heterocycles. The molecule has 0 bridgehead atoms. The first-order valence-corrected chi connectivity index (χ1v) is 15.9. The van der Waals surface area contributed by atoms with Gasteiger partial charge in [-0.15, -0.1) is 11.3 Å². The molecule has 3 fully saturated rings. The summed E-state index contributed by atoms with van der Waals surface area (Å²) in [5.41, 5.74) is 1.41. The summed E-state index contributed by atoms with van der Waals surface area (Å²) in [6, 6.07) is -1.74. The van der Waals surface area contributed by atoms with E-state index in [1.165, 1.54) is 11.3 Å². The summed E-state index contributed by atoms with van der Waals surface area (Å²) < 4.78 is 0. The zero-order valence-corrected chi connectivity index (χ0v) is 25.1. The van der Waals surface area contributed by atoms with E-state index in [4.69, 9.17) is 4.98 Å². The number of likely N-dealkylation sites (tertiary alicyclic amines) is 1. The predicted octanol–water partition coefficient (Wildman–Crippen LogP) is 2.27. The summed E-state index contributed by atoms with van der Waals surface area (Å²) in [5.74, 6) is -0.798. The van der Waals surface area contributed by atoms with Gasteiger partial charge in [-0.2, -0.15) is 0 Å². The third-order valence-electron chi connectivity index (χ3n) is 8.78. The van der Waals surface area contributed by atoms with Crippen LogP contribution in [0.4, 0.5) is 0 Å². The number of nitrogens with zero attached hydrogens (tertiary/aromatic N) is 2. The Labute approximate surface area is 250 Å². The van der Waals surface area contributed by atoms with Crippen molar-refractivity contribution in [3.63, 3.8) is 0 Å². The fourth-order valence-electron chi connectivity index (χ4n) is 6.14. The quantitative estimate of drug-likeness (QED) is 0.239. The number of allylic oxidation sites excluding steroid dienone is 4. The van der Waals surface area contributed by atoms with Gasteiger partial charge in [0.25, 0.3) is 0 Å². The highest BCUT2D eigenvalue weighted by Crippen LogP contribution is 2.36. The summed E-state index contributed by atoms with van der Waals surface area (Å²) >= 11 is 1.38. The van der Waals surface area contributed by atoms with Crippen LogP contribution in [0.25, 0.3) is 0 Å². The molecule has 42 heavy (non-hydrogen) atoms. The molecule has 0 radical (unpaired) electrons. The number of carbonyl (C=O) groups excluding carboxylic acids is 5. The van der Waals surface area contributed by atoms with Crippen molar-refractivity contribution in [3.8, 4) is 0 Å². The third-order valence-corrected chi connectivity index (χ3v) is 9.73. The number of nitrogens with one attached hydrogen (secondary N) is 4. The van der Waals surface area contributed by atoms with Gasteiger partial charge in [-0.25, -0.2) is 4.98 Å². The highest BCUT2D eigenvalue weighted by atomic mass is 32.1. The molecule has 1 unspecified atom stereocenters. The number of carbonyl (C=O) groups is 5. The zero-order valence-electron chi connectivity index (χ0n) is 24.2. The lowest BCUT2D eigenvalue weighted by Gasteiger charge is -2.35. The van der Waals surface area contributed by atoms with Crippen molar-refractivity contribution >= 4 is 40.7 Å². The van der Waals surface area contributed by atoms with E-state index in [1.807, 2.05) is 11.0 Å². The van der Waals surface area contributed by atoms with E-state index >= 15 is 0 Å². The SMILES string of the molecule is CN[C@@H](C)C(=O)N[C@H](C(=O)N1CCC[C@H]1c1nc(C(=O)C2=CCCC(NC(=O)C3CC(=O)N3)=C2)cs1)C1CCCCC1. The van der Waals surface area contributed by atoms with Crippen LogP contribution < -0.4 is 21.3 Å². The second kappa shape index (κ2) is 13.3. The van der Waals surface area contributed by atoms with Crippen LogP contribution >= 0.6 is 11.3 Å². The number of aromatic nitrogens is 1. The fraction of sp³-hybridized carbons (Fsp3) is 0.600. The van der Waals surface area contributed by atoms with Gasteiger partial charge in [0.05, 0.1) is 18.5 Å². The maximum absolute atomic E-state index is 14.0. The minimum Gasteiger partial charge on any atom is -0.344 e. The number of amides is 4. The van der Waals surface area contributed by atoms with E-state index in [0.29, 0.717) is 36.4 Å². The van der Waals surface area contributed by atoms with Crippen molar-refractivity contribution in [1.82, 2.24) is 31.2 Å². The molecule has 4 amide bonds. The summed E-state index contributed by atoms with van der Waals surface area (Å²) in [7, 11) is 1.73. The molecular formula is C30H40N6O5S. The molecule has 2 aliphatic carbocycles. The number of thiazole rings is 1. The van der Waals surface area contributed by atoms with E-state index in [0.717, 1.165) is 50.0 Å². The standard InChI is InChI=1S/C30H40N6O5S/c1-17(31-2)27(39)35-25(18-8-4-3-5-9-18)30(41)36-13-7-12-23(36)29-34-22(16-42-29)26(38)19-10-6-11-20(14-19)32-28(40)21-15-24(37)33-21/h10,14,16-18,21,23,25,31H,3-9,11-13,15H2,1-2H3,(H,32,40)(H,33,37)(H,35,39)/t17-,21?,23-,25-/m0/s1. The van der Waals surface area contributed by atoms with Crippen LogP contribution in [0.15, 0.2) is 28.8 Å². The highest BCUT2D eigenvalue weighted by Gasteiger charge is 2.40. The average Bonchev–Trinajstić information content (AvgIpc) is 3.68. The van der Waals surface area contributed by atoms with Crippen molar-refractivity contribution in [2.24, 2.45) is 5.92 Å². The monoisotopic (exact) mass is 596 g/mol. The third kappa shape index (κ3) is 6.64. The normalized spacial score (nSPS) is 24.0. The summed E-state index contributed by atoms with van der Waals surface area (Å²) in [4.78, 5) is 70.2. The summed E-state index contributed by atoms with van der Waals surface area (Å²) in [6.07, 6.45) is 11.6. The topological polar surface area (TPSA) is 150 Å². The van der Waals surface area contributed by atoms with E-state index < -0.39 is 18.1 Å². The van der Waals surface area contributed by atoms with Gasteiger partial charge in [0.2, 0.25) is 29.4 Å².